The Balaban J connectivity index is 1.75. The lowest BCUT2D eigenvalue weighted by molar-refractivity contribution is 0.102. The van der Waals surface area contributed by atoms with E-state index in [1.54, 1.807) is 24.3 Å². The molecule has 0 aliphatic rings. The fourth-order valence-corrected chi connectivity index (χ4v) is 3.26. The maximum absolute atomic E-state index is 12.3. The molecule has 8 nitrogen and oxygen atoms in total. The number of hydrogen-bond donors (Lipinski definition) is 1. The molecule has 140 valence electrons. The quantitative estimate of drug-likeness (QED) is 0.698. The molecule has 1 N–H and O–H groups in total. The third-order valence-electron chi connectivity index (χ3n) is 3.61. The Morgan fingerprint density at radius 3 is 2.44 bits per heavy atom. The Morgan fingerprint density at radius 1 is 1.11 bits per heavy atom. The van der Waals surface area contributed by atoms with Crippen LogP contribution >= 0.6 is 11.6 Å². The van der Waals surface area contributed by atoms with Gasteiger partial charge in [0.1, 0.15) is 0 Å². The van der Waals surface area contributed by atoms with Crippen LogP contribution in [0.15, 0.2) is 57.8 Å². The summed E-state index contributed by atoms with van der Waals surface area (Å²) in [6.07, 6.45) is 0. The Bertz CT molecular complexity index is 1080. The Morgan fingerprint density at radius 2 is 1.81 bits per heavy atom. The lowest BCUT2D eigenvalue weighted by Gasteiger charge is -2.11. The van der Waals surface area contributed by atoms with Gasteiger partial charge < -0.3 is 4.42 Å². The van der Waals surface area contributed by atoms with E-state index >= 15 is 0 Å². The Hall–Kier alpha value is -2.75. The number of anilines is 1. The maximum atomic E-state index is 12.3. The second-order valence-electron chi connectivity index (χ2n) is 5.69. The van der Waals surface area contributed by atoms with E-state index in [0.717, 1.165) is 4.31 Å². The van der Waals surface area contributed by atoms with Crippen molar-refractivity contribution in [2.24, 2.45) is 0 Å². The van der Waals surface area contributed by atoms with Gasteiger partial charge in [0, 0.05) is 30.2 Å². The number of nitrogens with zero attached hydrogens (tertiary/aromatic N) is 3. The van der Waals surface area contributed by atoms with Crippen LogP contribution in [0, 0.1) is 0 Å². The molecule has 1 amide bonds. The standard InChI is InChI=1S/C17H15ClN4O4S/c1-22(2)27(24,25)14-8-6-11(7-9-14)15(23)19-17-21-20-16(26-17)12-4-3-5-13(18)10-12/h3-10H,1-2H3,(H,19,21,23). The van der Waals surface area contributed by atoms with Crippen molar-refractivity contribution in [3.8, 4) is 11.5 Å². The molecule has 0 aliphatic carbocycles. The van der Waals surface area contributed by atoms with Crippen molar-refractivity contribution in [2.75, 3.05) is 19.4 Å². The van der Waals surface area contributed by atoms with Crippen molar-refractivity contribution in [3.05, 3.63) is 59.1 Å². The third-order valence-corrected chi connectivity index (χ3v) is 5.68. The van der Waals surface area contributed by atoms with Crippen LogP contribution in [0.4, 0.5) is 6.01 Å². The number of amides is 1. The number of halogens is 1. The van der Waals surface area contributed by atoms with E-state index in [9.17, 15) is 13.2 Å². The van der Waals surface area contributed by atoms with Gasteiger partial charge in [0.15, 0.2) is 0 Å². The number of benzene rings is 2. The first-order valence-electron chi connectivity index (χ1n) is 7.71. The number of carbonyl (C=O) groups is 1. The molecule has 0 unspecified atom stereocenters. The van der Waals surface area contributed by atoms with Crippen LogP contribution in [0.25, 0.3) is 11.5 Å². The molecule has 0 radical (unpaired) electrons. The average Bonchev–Trinajstić information content (AvgIpc) is 3.10. The summed E-state index contributed by atoms with van der Waals surface area (Å²) in [5.41, 5.74) is 0.865. The Kier molecular flexibility index (Phi) is 5.26. The molecular weight excluding hydrogens is 392 g/mol. The highest BCUT2D eigenvalue weighted by molar-refractivity contribution is 7.89. The molecule has 3 aromatic rings. The maximum Gasteiger partial charge on any atom is 0.322 e. The summed E-state index contributed by atoms with van der Waals surface area (Å²) in [6, 6.07) is 12.3. The van der Waals surface area contributed by atoms with Crippen molar-refractivity contribution >= 4 is 33.5 Å². The summed E-state index contributed by atoms with van der Waals surface area (Å²) in [6.45, 7) is 0. The topological polar surface area (TPSA) is 105 Å². The molecule has 0 aliphatic heterocycles. The lowest BCUT2D eigenvalue weighted by atomic mass is 10.2. The average molecular weight is 407 g/mol. The number of nitrogens with one attached hydrogen (secondary N) is 1. The van der Waals surface area contributed by atoms with Crippen LogP contribution < -0.4 is 5.32 Å². The van der Waals surface area contributed by atoms with E-state index in [-0.39, 0.29) is 22.4 Å². The molecule has 1 heterocycles. The summed E-state index contributed by atoms with van der Waals surface area (Å²) < 4.78 is 30.6. The van der Waals surface area contributed by atoms with Gasteiger partial charge in [-0.2, -0.15) is 0 Å². The molecule has 10 heteroatoms. The molecule has 1 aromatic heterocycles. The monoisotopic (exact) mass is 406 g/mol. The number of sulfonamides is 1. The van der Waals surface area contributed by atoms with Crippen LogP contribution in [0.3, 0.4) is 0 Å². The van der Waals surface area contributed by atoms with E-state index in [4.69, 9.17) is 16.0 Å². The van der Waals surface area contributed by atoms with Gasteiger partial charge in [-0.15, -0.1) is 5.10 Å². The molecule has 2 aromatic carbocycles. The van der Waals surface area contributed by atoms with E-state index in [2.05, 4.69) is 15.5 Å². The lowest BCUT2D eigenvalue weighted by Crippen LogP contribution is -2.22. The highest BCUT2D eigenvalue weighted by Crippen LogP contribution is 2.23. The van der Waals surface area contributed by atoms with Crippen molar-refractivity contribution in [1.82, 2.24) is 14.5 Å². The Labute approximate surface area is 160 Å². The normalized spacial score (nSPS) is 11.6. The zero-order valence-electron chi connectivity index (χ0n) is 14.4. The van der Waals surface area contributed by atoms with Gasteiger partial charge >= 0.3 is 6.01 Å². The predicted octanol–water partition coefficient (Wildman–Crippen LogP) is 2.89. The zero-order valence-corrected chi connectivity index (χ0v) is 16.0. The van der Waals surface area contributed by atoms with E-state index < -0.39 is 15.9 Å². The third kappa shape index (κ3) is 4.16. The molecule has 3 rings (SSSR count). The number of rotatable bonds is 5. The summed E-state index contributed by atoms with van der Waals surface area (Å²) in [4.78, 5) is 12.4. The number of hydrogen-bond acceptors (Lipinski definition) is 6. The predicted molar refractivity (Wildman–Crippen MR) is 100 cm³/mol. The van der Waals surface area contributed by atoms with E-state index in [1.165, 1.54) is 38.4 Å². The fourth-order valence-electron chi connectivity index (χ4n) is 2.17. The minimum Gasteiger partial charge on any atom is -0.403 e. The van der Waals surface area contributed by atoms with Crippen molar-refractivity contribution in [3.63, 3.8) is 0 Å². The first-order valence-corrected chi connectivity index (χ1v) is 9.52. The van der Waals surface area contributed by atoms with E-state index in [0.29, 0.717) is 10.6 Å². The van der Waals surface area contributed by atoms with Crippen LogP contribution in [-0.4, -0.2) is 42.9 Å². The SMILES string of the molecule is CN(C)S(=O)(=O)c1ccc(C(=O)Nc2nnc(-c3cccc(Cl)c3)o2)cc1. The second-order valence-corrected chi connectivity index (χ2v) is 8.28. The van der Waals surface area contributed by atoms with Crippen LogP contribution in [0.2, 0.25) is 5.02 Å². The van der Waals surface area contributed by atoms with Crippen molar-refractivity contribution < 1.29 is 17.6 Å². The van der Waals surface area contributed by atoms with Gasteiger partial charge in [0.25, 0.3) is 5.91 Å². The van der Waals surface area contributed by atoms with E-state index in [1.807, 2.05) is 0 Å². The fraction of sp³-hybridized carbons (Fsp3) is 0.118. The molecule has 0 bridgehead atoms. The number of carbonyl (C=O) groups excluding carboxylic acids is 1. The molecule has 0 spiro atoms. The van der Waals surface area contributed by atoms with Gasteiger partial charge in [-0.1, -0.05) is 22.8 Å². The summed E-state index contributed by atoms with van der Waals surface area (Å²) in [5.74, 6) is -0.301. The first kappa shape index (κ1) is 19.0. The van der Waals surface area contributed by atoms with Gasteiger partial charge in [-0.3, -0.25) is 10.1 Å². The summed E-state index contributed by atoms with van der Waals surface area (Å²) in [7, 11) is -0.692. The van der Waals surface area contributed by atoms with Gasteiger partial charge in [0.2, 0.25) is 15.9 Å². The minimum atomic E-state index is -3.56. The van der Waals surface area contributed by atoms with Crippen LogP contribution in [0.5, 0.6) is 0 Å². The summed E-state index contributed by atoms with van der Waals surface area (Å²) >= 11 is 5.92. The molecule has 27 heavy (non-hydrogen) atoms. The molecule has 0 saturated carbocycles. The van der Waals surface area contributed by atoms with Gasteiger partial charge in [-0.05, 0) is 42.5 Å². The minimum absolute atomic E-state index is 0.0834. The van der Waals surface area contributed by atoms with Crippen LogP contribution in [0.1, 0.15) is 10.4 Å². The highest BCUT2D eigenvalue weighted by Gasteiger charge is 2.18. The summed E-state index contributed by atoms with van der Waals surface area (Å²) in [5, 5.41) is 10.6. The first-order chi connectivity index (χ1) is 12.8. The van der Waals surface area contributed by atoms with Gasteiger partial charge in [0.05, 0.1) is 4.90 Å². The van der Waals surface area contributed by atoms with Crippen LogP contribution in [-0.2, 0) is 10.0 Å². The zero-order chi connectivity index (χ0) is 19.6. The van der Waals surface area contributed by atoms with Crippen molar-refractivity contribution in [1.29, 1.82) is 0 Å². The number of aromatic nitrogens is 2. The highest BCUT2D eigenvalue weighted by atomic mass is 35.5. The second kappa shape index (κ2) is 7.47. The molecule has 0 fully saturated rings. The smallest absolute Gasteiger partial charge is 0.322 e. The van der Waals surface area contributed by atoms with Crippen molar-refractivity contribution in [2.45, 2.75) is 4.90 Å². The molecular formula is C17H15ClN4O4S. The molecule has 0 atom stereocenters. The van der Waals surface area contributed by atoms with Gasteiger partial charge in [-0.25, -0.2) is 12.7 Å². The molecule has 0 saturated heterocycles. The largest absolute Gasteiger partial charge is 0.403 e.